The highest BCUT2D eigenvalue weighted by molar-refractivity contribution is 7.80. The molecule has 1 rings (SSSR count). The molecule has 0 heterocycles. The molecular weight excluding hydrogens is 240 g/mol. The van der Waals surface area contributed by atoms with Gasteiger partial charge in [-0.05, 0) is 64.7 Å². The molecule has 0 aliphatic heterocycles. The van der Waals surface area contributed by atoms with Crippen LogP contribution in [0.2, 0.25) is 0 Å². The highest BCUT2D eigenvalue weighted by atomic mass is 32.1. The van der Waals surface area contributed by atoms with Gasteiger partial charge in [0, 0.05) is 6.54 Å². The zero-order chi connectivity index (χ0) is 13.4. The third kappa shape index (κ3) is 5.94. The third-order valence-corrected chi connectivity index (χ3v) is 4.92. The molecule has 0 spiro atoms. The van der Waals surface area contributed by atoms with Crippen LogP contribution in [0.15, 0.2) is 0 Å². The van der Waals surface area contributed by atoms with Crippen molar-refractivity contribution in [3.63, 3.8) is 0 Å². The SMILES string of the molecule is CN(C)CCCN(C)CC1(CS)CCCCCC1. The summed E-state index contributed by atoms with van der Waals surface area (Å²) < 4.78 is 0. The van der Waals surface area contributed by atoms with Crippen LogP contribution in [0.5, 0.6) is 0 Å². The number of hydrogen-bond donors (Lipinski definition) is 1. The van der Waals surface area contributed by atoms with Gasteiger partial charge in [-0.3, -0.25) is 0 Å². The van der Waals surface area contributed by atoms with Crippen LogP contribution >= 0.6 is 12.6 Å². The highest BCUT2D eigenvalue weighted by Gasteiger charge is 2.30. The van der Waals surface area contributed by atoms with Gasteiger partial charge >= 0.3 is 0 Å². The molecule has 0 unspecified atom stereocenters. The lowest BCUT2D eigenvalue weighted by atomic mass is 9.81. The molecule has 0 saturated heterocycles. The van der Waals surface area contributed by atoms with E-state index < -0.39 is 0 Å². The van der Waals surface area contributed by atoms with Crippen molar-refractivity contribution in [1.82, 2.24) is 9.80 Å². The lowest BCUT2D eigenvalue weighted by Gasteiger charge is -2.35. The molecule has 0 amide bonds. The van der Waals surface area contributed by atoms with Crippen molar-refractivity contribution >= 4 is 12.6 Å². The lowest BCUT2D eigenvalue weighted by Crippen LogP contribution is -2.38. The van der Waals surface area contributed by atoms with Gasteiger partial charge in [0.15, 0.2) is 0 Å². The molecule has 1 fully saturated rings. The Bertz CT molecular complexity index is 211. The quantitative estimate of drug-likeness (QED) is 0.562. The monoisotopic (exact) mass is 272 g/mol. The van der Waals surface area contributed by atoms with Gasteiger partial charge < -0.3 is 9.80 Å². The van der Waals surface area contributed by atoms with E-state index in [9.17, 15) is 0 Å². The predicted octanol–water partition coefficient (Wildman–Crippen LogP) is 3.14. The maximum Gasteiger partial charge on any atom is 0.00427 e. The summed E-state index contributed by atoms with van der Waals surface area (Å²) in [5.74, 6) is 1.06. The summed E-state index contributed by atoms with van der Waals surface area (Å²) in [6, 6.07) is 0. The Hall–Kier alpha value is 0.270. The van der Waals surface area contributed by atoms with Crippen LogP contribution in [-0.4, -0.2) is 56.3 Å². The normalized spacial score (nSPS) is 20.3. The molecule has 0 radical (unpaired) electrons. The molecule has 0 aromatic heterocycles. The fourth-order valence-corrected chi connectivity index (χ4v) is 3.57. The first-order valence-corrected chi connectivity index (χ1v) is 8.15. The van der Waals surface area contributed by atoms with Gasteiger partial charge in [-0.1, -0.05) is 25.7 Å². The molecule has 1 aliphatic carbocycles. The van der Waals surface area contributed by atoms with Gasteiger partial charge in [0.05, 0.1) is 0 Å². The second kappa shape index (κ2) is 8.44. The number of thiol groups is 1. The fraction of sp³-hybridized carbons (Fsp3) is 1.00. The molecule has 1 saturated carbocycles. The van der Waals surface area contributed by atoms with E-state index in [1.165, 1.54) is 64.6 Å². The zero-order valence-electron chi connectivity index (χ0n) is 12.6. The molecule has 0 atom stereocenters. The smallest absolute Gasteiger partial charge is 0.00427 e. The topological polar surface area (TPSA) is 6.48 Å². The van der Waals surface area contributed by atoms with Gasteiger partial charge in [-0.25, -0.2) is 0 Å². The zero-order valence-corrected chi connectivity index (χ0v) is 13.5. The van der Waals surface area contributed by atoms with E-state index in [1.54, 1.807) is 0 Å². The maximum absolute atomic E-state index is 4.66. The number of hydrogen-bond acceptors (Lipinski definition) is 3. The van der Waals surface area contributed by atoms with Crippen LogP contribution in [0.25, 0.3) is 0 Å². The molecule has 0 bridgehead atoms. The summed E-state index contributed by atoms with van der Waals surface area (Å²) in [7, 11) is 6.59. The van der Waals surface area contributed by atoms with Crippen LogP contribution in [0.3, 0.4) is 0 Å². The Morgan fingerprint density at radius 2 is 1.56 bits per heavy atom. The van der Waals surface area contributed by atoms with Gasteiger partial charge in [-0.15, -0.1) is 0 Å². The van der Waals surface area contributed by atoms with Gasteiger partial charge in [0.1, 0.15) is 0 Å². The second-order valence-electron chi connectivity index (χ2n) is 6.47. The van der Waals surface area contributed by atoms with Crippen molar-refractivity contribution < 1.29 is 0 Å². The first-order chi connectivity index (χ1) is 8.58. The summed E-state index contributed by atoms with van der Waals surface area (Å²) in [5.41, 5.74) is 0.493. The van der Waals surface area contributed by atoms with E-state index in [2.05, 4.69) is 43.6 Å². The average molecular weight is 273 g/mol. The first-order valence-electron chi connectivity index (χ1n) is 7.52. The molecule has 1 aliphatic rings. The van der Waals surface area contributed by atoms with E-state index in [0.29, 0.717) is 5.41 Å². The van der Waals surface area contributed by atoms with E-state index in [1.807, 2.05) is 0 Å². The standard InChI is InChI=1S/C15H32N2S/c1-16(2)11-8-12-17(3)13-15(14-18)9-6-4-5-7-10-15/h18H,4-14H2,1-3H3. The van der Waals surface area contributed by atoms with Crippen molar-refractivity contribution in [2.45, 2.75) is 44.9 Å². The minimum Gasteiger partial charge on any atom is -0.309 e. The van der Waals surface area contributed by atoms with Gasteiger partial charge in [0.2, 0.25) is 0 Å². The highest BCUT2D eigenvalue weighted by Crippen LogP contribution is 2.36. The van der Waals surface area contributed by atoms with Crippen molar-refractivity contribution in [1.29, 1.82) is 0 Å². The minimum absolute atomic E-state index is 0.493. The second-order valence-corrected chi connectivity index (χ2v) is 6.78. The average Bonchev–Trinajstić information content (AvgIpc) is 2.55. The van der Waals surface area contributed by atoms with Gasteiger partial charge in [0.25, 0.3) is 0 Å². The lowest BCUT2D eigenvalue weighted by molar-refractivity contribution is 0.170. The van der Waals surface area contributed by atoms with Crippen LogP contribution < -0.4 is 0 Å². The summed E-state index contributed by atoms with van der Waals surface area (Å²) >= 11 is 4.66. The molecule has 0 aromatic carbocycles. The van der Waals surface area contributed by atoms with Gasteiger partial charge in [-0.2, -0.15) is 12.6 Å². The maximum atomic E-state index is 4.66. The van der Waals surface area contributed by atoms with Crippen molar-refractivity contribution in [2.75, 3.05) is 46.5 Å². The Balaban J connectivity index is 2.35. The molecule has 108 valence electrons. The van der Waals surface area contributed by atoms with E-state index in [4.69, 9.17) is 0 Å². The van der Waals surface area contributed by atoms with Crippen LogP contribution in [0.4, 0.5) is 0 Å². The largest absolute Gasteiger partial charge is 0.309 e. The van der Waals surface area contributed by atoms with E-state index in [-0.39, 0.29) is 0 Å². The molecule has 18 heavy (non-hydrogen) atoms. The summed E-state index contributed by atoms with van der Waals surface area (Å²) in [6.45, 7) is 3.65. The Kier molecular flexibility index (Phi) is 7.66. The van der Waals surface area contributed by atoms with Crippen LogP contribution in [-0.2, 0) is 0 Å². The molecule has 2 nitrogen and oxygen atoms in total. The Labute approximate surface area is 120 Å². The van der Waals surface area contributed by atoms with E-state index in [0.717, 1.165) is 5.75 Å². The molecule has 3 heteroatoms. The van der Waals surface area contributed by atoms with Crippen molar-refractivity contribution in [3.8, 4) is 0 Å². The minimum atomic E-state index is 0.493. The Morgan fingerprint density at radius 3 is 2.06 bits per heavy atom. The predicted molar refractivity (Wildman–Crippen MR) is 84.7 cm³/mol. The number of nitrogens with zero attached hydrogens (tertiary/aromatic N) is 2. The third-order valence-electron chi connectivity index (χ3n) is 4.25. The molecular formula is C15H32N2S. The van der Waals surface area contributed by atoms with E-state index >= 15 is 0 Å². The summed E-state index contributed by atoms with van der Waals surface area (Å²) in [4.78, 5) is 4.80. The van der Waals surface area contributed by atoms with Crippen molar-refractivity contribution in [2.24, 2.45) is 5.41 Å². The Morgan fingerprint density at radius 1 is 0.944 bits per heavy atom. The van der Waals surface area contributed by atoms with Crippen LogP contribution in [0.1, 0.15) is 44.9 Å². The summed E-state index contributed by atoms with van der Waals surface area (Å²) in [5, 5.41) is 0. The number of rotatable bonds is 7. The first kappa shape index (κ1) is 16.3. The molecule has 0 aromatic rings. The van der Waals surface area contributed by atoms with Crippen LogP contribution in [0, 0.1) is 5.41 Å². The fourth-order valence-electron chi connectivity index (χ4n) is 3.15. The molecule has 0 N–H and O–H groups in total. The van der Waals surface area contributed by atoms with Crippen molar-refractivity contribution in [3.05, 3.63) is 0 Å². The summed E-state index contributed by atoms with van der Waals surface area (Å²) in [6.07, 6.45) is 9.72.